The molecule has 0 atom stereocenters. The van der Waals surface area contributed by atoms with E-state index in [9.17, 15) is 35.1 Å². The van der Waals surface area contributed by atoms with Gasteiger partial charge in [0.05, 0.1) is 53.6 Å². The Morgan fingerprint density at radius 3 is 0.946 bits per heavy atom. The fourth-order valence-electron chi connectivity index (χ4n) is 15.1. The van der Waals surface area contributed by atoms with Crippen molar-refractivity contribution in [3.8, 4) is 89.5 Å². The summed E-state index contributed by atoms with van der Waals surface area (Å²) in [5.41, 5.74) is 25.5. The molecule has 0 spiro atoms. The molecule has 0 aliphatic carbocycles. The lowest BCUT2D eigenvalue weighted by Gasteiger charge is -2.20. The molecule has 14 rings (SSSR count). The van der Waals surface area contributed by atoms with E-state index in [0.717, 1.165) is 74.5 Å². The number of aryl methyl sites for hydroxylation is 9. The predicted octanol–water partition coefficient (Wildman–Crippen LogP) is 23.0. The van der Waals surface area contributed by atoms with Crippen molar-refractivity contribution < 1.29 is 53.9 Å². The number of aromatic nitrogens is 8. The first-order valence-corrected chi connectivity index (χ1v) is 37.5. The molecule has 8 nitrogen and oxygen atoms in total. The number of halogens is 8. The highest BCUT2D eigenvalue weighted by Gasteiger charge is 2.30. The summed E-state index contributed by atoms with van der Waals surface area (Å²) in [6.07, 6.45) is 13.7. The highest BCUT2D eigenvalue weighted by molar-refractivity contribution is 5.79. The maximum atomic E-state index is 14.8. The first kappa shape index (κ1) is 80.5. The summed E-state index contributed by atoms with van der Waals surface area (Å²) >= 11 is 0. The molecule has 0 saturated carbocycles. The first-order valence-electron chi connectivity index (χ1n) is 37.5. The van der Waals surface area contributed by atoms with E-state index in [2.05, 4.69) is 148 Å². The van der Waals surface area contributed by atoms with Crippen molar-refractivity contribution in [2.24, 2.45) is 28.2 Å². The van der Waals surface area contributed by atoms with Gasteiger partial charge in [0.2, 0.25) is 24.8 Å². The van der Waals surface area contributed by atoms with Crippen LogP contribution in [-0.2, 0) is 28.2 Å². The van der Waals surface area contributed by atoms with E-state index >= 15 is 0 Å². The van der Waals surface area contributed by atoms with E-state index in [1.807, 2.05) is 152 Å². The van der Waals surface area contributed by atoms with E-state index in [-0.39, 0.29) is 0 Å². The highest BCUT2D eigenvalue weighted by atomic mass is 19.2. The minimum Gasteiger partial charge on any atom is -0.207 e. The molecule has 0 aliphatic heterocycles. The summed E-state index contributed by atoms with van der Waals surface area (Å²) < 4.78 is 126. The standard InChI is InChI=1S/C29H31F2N2.C25H23F2N2.C23H27F2N2.C18H17F2N2/c1-18(2)25-13-22(21-10-8-7-9-11-21)14-26(19(3)4)28(25)23-16-32(6)33(17-23)29-20(5)12-24(30)15-27(29)31;1-16-10-20(19-8-6-5-7-9-19)11-17(2)24(16)21-14-28(4)29(15-21)25-18(3)12-22(26)13-23(25)27;1-14(2)19-8-7-9-20(15(3)4)22(19)17-12-26(6)27(13-17)23-16(5)10-18(24)11-21(23)25;1-12-9-15(19)10-17(20)18(12)22-11-16(13(2)21(22)3)14-7-5-4-6-8-14/h7-19H,1-6H3;5-15H,1-4H3;7-15H,1-6H3;4-11H,1-3H3/q4*+1. The second-order valence-electron chi connectivity index (χ2n) is 30.1. The van der Waals surface area contributed by atoms with Crippen LogP contribution in [0.4, 0.5) is 35.1 Å². The Bertz CT molecular complexity index is 5550. The molecule has 0 aliphatic rings. The Kier molecular flexibility index (Phi) is 24.5. The van der Waals surface area contributed by atoms with Gasteiger partial charge in [-0.25, -0.2) is 30.7 Å². The summed E-state index contributed by atoms with van der Waals surface area (Å²) in [7, 11) is 7.48. The van der Waals surface area contributed by atoms with Crippen molar-refractivity contribution in [2.75, 3.05) is 0 Å². The van der Waals surface area contributed by atoms with Crippen molar-refractivity contribution in [2.45, 2.75) is 128 Å². The number of nitrogens with zero attached hydrogens (tertiary/aromatic N) is 8. The van der Waals surface area contributed by atoms with Gasteiger partial charge in [0, 0.05) is 29.8 Å². The lowest BCUT2D eigenvalue weighted by atomic mass is 9.83. The van der Waals surface area contributed by atoms with Crippen LogP contribution in [0.15, 0.2) is 225 Å². The summed E-state index contributed by atoms with van der Waals surface area (Å²) in [5.74, 6) is -3.18. The number of benzene rings is 10. The largest absolute Gasteiger partial charge is 0.274 e. The molecule has 0 bridgehead atoms. The van der Waals surface area contributed by atoms with Crippen LogP contribution in [0.1, 0.15) is 140 Å². The zero-order valence-corrected chi connectivity index (χ0v) is 66.8. The molecule has 570 valence electrons. The molecule has 4 heterocycles. The van der Waals surface area contributed by atoms with Crippen LogP contribution in [0, 0.1) is 95.0 Å². The van der Waals surface area contributed by atoms with Crippen LogP contribution in [0.3, 0.4) is 0 Å². The van der Waals surface area contributed by atoms with Crippen molar-refractivity contribution >= 4 is 0 Å². The summed E-state index contributed by atoms with van der Waals surface area (Å²) in [6, 6.07) is 55.1. The second kappa shape index (κ2) is 33.8. The van der Waals surface area contributed by atoms with Gasteiger partial charge >= 0.3 is 0 Å². The van der Waals surface area contributed by atoms with E-state index in [1.54, 1.807) is 46.4 Å². The number of hydrogen-bond donors (Lipinski definition) is 0. The van der Waals surface area contributed by atoms with Gasteiger partial charge in [-0.2, -0.15) is 9.07 Å². The molecular weight excluding hydrogens is 1410 g/mol. The summed E-state index contributed by atoms with van der Waals surface area (Å²) in [5, 5.41) is 0. The minimum atomic E-state index is -0.576. The Morgan fingerprint density at radius 2 is 0.604 bits per heavy atom. The van der Waals surface area contributed by atoms with Crippen molar-refractivity contribution in [1.29, 1.82) is 0 Å². The summed E-state index contributed by atoms with van der Waals surface area (Å²) in [4.78, 5) is 0. The SMILES string of the molecule is Cc1cc(-c2ccccc2)cc(C)c1-c1cn(-c2c(C)cc(F)cc2F)[n+](C)c1.Cc1cc(F)cc(F)c1-[n+]1cc(-c2ccccc2)c(C)n1C.Cc1cc(F)cc(F)c1-n1cc(-c2c(C(C)C)cc(-c3ccccc3)cc2C(C)C)c[n+]1C.Cc1cc(F)cc(F)c1-n1cc(-c2c(C(C)C)cccc2C(C)C)c[n+]1C. The van der Waals surface area contributed by atoms with E-state index in [4.69, 9.17) is 0 Å². The topological polar surface area (TPSA) is 35.2 Å². The normalized spacial score (nSPS) is 11.3. The van der Waals surface area contributed by atoms with Gasteiger partial charge < -0.3 is 0 Å². The molecule has 0 unspecified atom stereocenters. The fourth-order valence-corrected chi connectivity index (χ4v) is 15.1. The van der Waals surface area contributed by atoms with Crippen LogP contribution in [0.5, 0.6) is 0 Å². The molecule has 0 N–H and O–H groups in total. The van der Waals surface area contributed by atoms with Gasteiger partial charge in [0.25, 0.3) is 5.69 Å². The van der Waals surface area contributed by atoms with Crippen LogP contribution >= 0.6 is 0 Å². The van der Waals surface area contributed by atoms with Gasteiger partial charge in [-0.15, -0.1) is 28.1 Å². The lowest BCUT2D eigenvalue weighted by Crippen LogP contribution is -2.41. The maximum absolute atomic E-state index is 14.8. The molecule has 14 aromatic rings. The molecule has 10 aromatic carbocycles. The smallest absolute Gasteiger partial charge is 0.207 e. The average Bonchev–Trinajstić information content (AvgIpc) is 1.67. The van der Waals surface area contributed by atoms with Crippen molar-refractivity contribution in [1.82, 2.24) is 18.7 Å². The molecule has 0 radical (unpaired) electrons. The van der Waals surface area contributed by atoms with Crippen LogP contribution in [0.25, 0.3) is 89.5 Å². The fraction of sp³-hybridized carbons (Fsp3) is 0.242. The van der Waals surface area contributed by atoms with E-state index < -0.39 is 46.5 Å². The molecule has 0 saturated heterocycles. The van der Waals surface area contributed by atoms with Crippen molar-refractivity contribution in [3.63, 3.8) is 0 Å². The monoisotopic (exact) mass is 1500 g/mol. The van der Waals surface area contributed by atoms with Crippen LogP contribution in [0.2, 0.25) is 0 Å². The van der Waals surface area contributed by atoms with Gasteiger partial charge in [0.1, 0.15) is 40.3 Å². The Labute approximate surface area is 647 Å². The lowest BCUT2D eigenvalue weighted by molar-refractivity contribution is -0.744. The highest BCUT2D eigenvalue weighted by Crippen LogP contribution is 2.42. The first-order chi connectivity index (χ1) is 52.7. The van der Waals surface area contributed by atoms with Gasteiger partial charge in [-0.05, 0) is 191 Å². The van der Waals surface area contributed by atoms with Crippen LogP contribution in [-0.4, -0.2) is 18.7 Å². The number of hydrogen-bond acceptors (Lipinski definition) is 0. The zero-order chi connectivity index (χ0) is 80.3. The third-order valence-electron chi connectivity index (χ3n) is 20.5. The van der Waals surface area contributed by atoms with E-state index in [0.29, 0.717) is 68.7 Å². The Balaban J connectivity index is 0.000000148. The van der Waals surface area contributed by atoms with Gasteiger partial charge in [-0.1, -0.05) is 194 Å². The second-order valence-corrected chi connectivity index (χ2v) is 30.1. The Hall–Kier alpha value is -11.5. The molecule has 16 heteroatoms. The zero-order valence-electron chi connectivity index (χ0n) is 66.8. The third kappa shape index (κ3) is 17.3. The predicted molar refractivity (Wildman–Crippen MR) is 430 cm³/mol. The number of rotatable bonds is 14. The molecule has 0 fully saturated rings. The summed E-state index contributed by atoms with van der Waals surface area (Å²) in [6.45, 7) is 30.6. The Morgan fingerprint density at radius 1 is 0.288 bits per heavy atom. The quantitative estimate of drug-likeness (QED) is 0.0768. The molecular formula is C95H98F8N8+4. The van der Waals surface area contributed by atoms with E-state index in [1.165, 1.54) is 79.9 Å². The minimum absolute atomic E-state index is 0.305. The molecule has 0 amide bonds. The van der Waals surface area contributed by atoms with Gasteiger partial charge in [0.15, 0.2) is 44.4 Å². The van der Waals surface area contributed by atoms with Gasteiger partial charge in [-0.3, -0.25) is 0 Å². The third-order valence-corrected chi connectivity index (χ3v) is 20.5. The molecule has 4 aromatic heterocycles. The average molecular weight is 1500 g/mol. The molecule has 111 heavy (non-hydrogen) atoms. The van der Waals surface area contributed by atoms with Crippen molar-refractivity contribution in [3.05, 3.63) is 333 Å². The maximum Gasteiger partial charge on any atom is 0.274 e. The van der Waals surface area contributed by atoms with Crippen LogP contribution < -0.4 is 18.7 Å².